The van der Waals surface area contributed by atoms with Crippen LogP contribution in [0.1, 0.15) is 40.1 Å². The molecule has 0 saturated carbocycles. The maximum Gasteiger partial charge on any atom is 1.00 e. The number of anilines is 1. The Labute approximate surface area is 258 Å². The minimum Gasteiger partial charge on any atom is -0.550 e. The SMILES string of the molecule is Cc1oc(-c2ccccc2)nc1CCOc1ccc(CCC(=O)[O-])c2c1CCN(c1ccc(C(F)(F)F)cc1)C2.[Na+]. The molecule has 41 heavy (non-hydrogen) atoms. The summed E-state index contributed by atoms with van der Waals surface area (Å²) in [6, 6.07) is 18.5. The molecule has 0 aliphatic carbocycles. The smallest absolute Gasteiger partial charge is 0.550 e. The molecule has 0 amide bonds. The summed E-state index contributed by atoms with van der Waals surface area (Å²) in [4.78, 5) is 17.8. The molecule has 6 nitrogen and oxygen atoms in total. The molecule has 4 aromatic rings. The first kappa shape index (κ1) is 30.7. The van der Waals surface area contributed by atoms with E-state index in [0.29, 0.717) is 56.3 Å². The number of benzene rings is 3. The predicted octanol–water partition coefficient (Wildman–Crippen LogP) is 2.54. The third kappa shape index (κ3) is 7.33. The van der Waals surface area contributed by atoms with Crippen molar-refractivity contribution in [3.8, 4) is 17.2 Å². The van der Waals surface area contributed by atoms with Crippen molar-refractivity contribution < 1.29 is 61.8 Å². The number of carbonyl (C=O) groups excluding carboxylic acids is 1. The van der Waals surface area contributed by atoms with Crippen LogP contribution in [0.4, 0.5) is 18.9 Å². The van der Waals surface area contributed by atoms with E-state index in [2.05, 4.69) is 4.98 Å². The number of oxazole rings is 1. The number of alkyl halides is 3. The van der Waals surface area contributed by atoms with Crippen LogP contribution in [-0.4, -0.2) is 24.1 Å². The first-order chi connectivity index (χ1) is 19.2. The maximum absolute atomic E-state index is 13.0. The van der Waals surface area contributed by atoms with Gasteiger partial charge in [-0.2, -0.15) is 13.2 Å². The predicted molar refractivity (Wildman–Crippen MR) is 142 cm³/mol. The van der Waals surface area contributed by atoms with Gasteiger partial charge < -0.3 is 24.0 Å². The summed E-state index contributed by atoms with van der Waals surface area (Å²) in [7, 11) is 0. The third-order valence-electron chi connectivity index (χ3n) is 7.13. The average molecular weight is 573 g/mol. The van der Waals surface area contributed by atoms with Crippen molar-refractivity contribution in [3.63, 3.8) is 0 Å². The number of carbonyl (C=O) groups is 1. The van der Waals surface area contributed by atoms with Gasteiger partial charge >= 0.3 is 35.7 Å². The molecule has 1 aliphatic rings. The zero-order chi connectivity index (χ0) is 28.3. The number of carboxylic acid groups (broad SMARTS) is 1. The first-order valence-electron chi connectivity index (χ1n) is 13.1. The second kappa shape index (κ2) is 13.1. The largest absolute Gasteiger partial charge is 1.00 e. The van der Waals surface area contributed by atoms with Gasteiger partial charge in [0.05, 0.1) is 17.9 Å². The van der Waals surface area contributed by atoms with Crippen molar-refractivity contribution >= 4 is 11.7 Å². The Balaban J connectivity index is 0.00000387. The van der Waals surface area contributed by atoms with E-state index in [0.717, 1.165) is 45.8 Å². The van der Waals surface area contributed by atoms with Gasteiger partial charge in [0.1, 0.15) is 11.5 Å². The number of fused-ring (bicyclic) bond motifs is 1. The van der Waals surface area contributed by atoms with E-state index in [4.69, 9.17) is 9.15 Å². The summed E-state index contributed by atoms with van der Waals surface area (Å²) in [5, 5.41) is 11.2. The van der Waals surface area contributed by atoms with Gasteiger partial charge in [-0.05, 0) is 79.8 Å². The molecule has 1 aromatic heterocycles. The maximum atomic E-state index is 13.0. The minimum atomic E-state index is -4.40. The van der Waals surface area contributed by atoms with Crippen LogP contribution in [0.15, 0.2) is 71.1 Å². The van der Waals surface area contributed by atoms with E-state index in [9.17, 15) is 23.1 Å². The molecule has 208 valence electrons. The van der Waals surface area contributed by atoms with E-state index in [1.54, 1.807) is 0 Å². The summed E-state index contributed by atoms with van der Waals surface area (Å²) in [5.74, 6) is 0.867. The molecule has 0 radical (unpaired) electrons. The summed E-state index contributed by atoms with van der Waals surface area (Å²) in [5.41, 5.74) is 4.48. The summed E-state index contributed by atoms with van der Waals surface area (Å²) in [6.07, 6.45) is -3.08. The van der Waals surface area contributed by atoms with Crippen molar-refractivity contribution in [2.24, 2.45) is 0 Å². The van der Waals surface area contributed by atoms with E-state index in [1.165, 1.54) is 12.1 Å². The van der Waals surface area contributed by atoms with Crippen molar-refractivity contribution in [2.45, 2.75) is 45.3 Å². The molecule has 0 bridgehead atoms. The normalized spacial score (nSPS) is 12.9. The number of aliphatic carboxylic acids is 1. The van der Waals surface area contributed by atoms with Crippen molar-refractivity contribution in [1.82, 2.24) is 4.98 Å². The van der Waals surface area contributed by atoms with Crippen LogP contribution < -0.4 is 44.3 Å². The van der Waals surface area contributed by atoms with Crippen LogP contribution in [0.3, 0.4) is 0 Å². The monoisotopic (exact) mass is 572 g/mol. The van der Waals surface area contributed by atoms with Gasteiger partial charge in [0.2, 0.25) is 5.89 Å². The van der Waals surface area contributed by atoms with Gasteiger partial charge in [0.25, 0.3) is 0 Å². The molecule has 0 atom stereocenters. The number of hydrogen-bond acceptors (Lipinski definition) is 6. The standard InChI is InChI=1S/C31H29F3N2O4.Na/c1-20-27(35-30(40-20)22-5-3-2-4-6-22)16-18-39-28-13-7-21(8-14-29(37)38)26-19-36(17-15-25(26)28)24-11-9-23(10-12-24)31(32,33)34;/h2-7,9-13H,8,14-19H2,1H3,(H,37,38);/q;+1/p-1. The fraction of sp³-hybridized carbons (Fsp3) is 0.290. The number of halogens is 3. The van der Waals surface area contributed by atoms with E-state index in [-0.39, 0.29) is 36.0 Å². The van der Waals surface area contributed by atoms with Crippen molar-refractivity contribution in [3.05, 3.63) is 100 Å². The van der Waals surface area contributed by atoms with Gasteiger partial charge in [-0.15, -0.1) is 0 Å². The number of ether oxygens (including phenoxy) is 1. The Kier molecular flexibility index (Phi) is 9.84. The van der Waals surface area contributed by atoms with E-state index >= 15 is 0 Å². The Bertz CT molecular complexity index is 1490. The van der Waals surface area contributed by atoms with Crippen molar-refractivity contribution in [1.29, 1.82) is 0 Å². The zero-order valence-corrected chi connectivity index (χ0v) is 25.0. The van der Waals surface area contributed by atoms with Crippen LogP contribution in [0.2, 0.25) is 0 Å². The summed E-state index contributed by atoms with van der Waals surface area (Å²) >= 11 is 0. The summed E-state index contributed by atoms with van der Waals surface area (Å²) in [6.45, 7) is 3.26. The third-order valence-corrected chi connectivity index (χ3v) is 7.13. The second-order valence-corrected chi connectivity index (χ2v) is 9.75. The molecule has 5 rings (SSSR count). The minimum absolute atomic E-state index is 0. The molecule has 10 heteroatoms. The molecule has 0 spiro atoms. The van der Waals surface area contributed by atoms with E-state index in [1.807, 2.05) is 54.3 Å². The number of aromatic nitrogens is 1. The fourth-order valence-electron chi connectivity index (χ4n) is 5.02. The Morgan fingerprint density at radius 2 is 1.76 bits per heavy atom. The Morgan fingerprint density at radius 3 is 2.44 bits per heavy atom. The van der Waals surface area contributed by atoms with Crippen LogP contribution in [0.5, 0.6) is 5.75 Å². The van der Waals surface area contributed by atoms with Gasteiger partial charge in [0, 0.05) is 42.3 Å². The average Bonchev–Trinajstić information content (AvgIpc) is 3.32. The first-order valence-corrected chi connectivity index (χ1v) is 13.1. The number of rotatable bonds is 9. The molecule has 0 N–H and O–H groups in total. The molecule has 1 aliphatic heterocycles. The molecule has 0 saturated heterocycles. The topological polar surface area (TPSA) is 78.6 Å². The van der Waals surface area contributed by atoms with Gasteiger partial charge in [-0.25, -0.2) is 4.98 Å². The molecule has 2 heterocycles. The van der Waals surface area contributed by atoms with Crippen LogP contribution in [0.25, 0.3) is 11.5 Å². The Hall–Kier alpha value is -3.27. The zero-order valence-electron chi connectivity index (χ0n) is 23.0. The number of carboxylic acids is 1. The number of hydrogen-bond donors (Lipinski definition) is 0. The van der Waals surface area contributed by atoms with Crippen molar-refractivity contribution in [2.75, 3.05) is 18.1 Å². The number of aryl methyl sites for hydroxylation is 2. The van der Waals surface area contributed by atoms with E-state index < -0.39 is 17.7 Å². The second-order valence-electron chi connectivity index (χ2n) is 9.75. The molecular weight excluding hydrogens is 544 g/mol. The molecule has 3 aromatic carbocycles. The van der Waals surface area contributed by atoms with Crippen LogP contribution >= 0.6 is 0 Å². The number of nitrogens with zero attached hydrogens (tertiary/aromatic N) is 2. The van der Waals surface area contributed by atoms with Gasteiger partial charge in [-0.1, -0.05) is 24.3 Å². The van der Waals surface area contributed by atoms with Crippen LogP contribution in [-0.2, 0) is 36.8 Å². The fourth-order valence-corrected chi connectivity index (χ4v) is 5.02. The van der Waals surface area contributed by atoms with Gasteiger partial charge in [0.15, 0.2) is 0 Å². The molecular formula is C31H28F3N2NaO4. The summed E-state index contributed by atoms with van der Waals surface area (Å²) < 4.78 is 51.1. The quantitative estimate of drug-likeness (QED) is 0.287. The van der Waals surface area contributed by atoms with Crippen LogP contribution in [0, 0.1) is 6.92 Å². The van der Waals surface area contributed by atoms with Gasteiger partial charge in [-0.3, -0.25) is 0 Å². The Morgan fingerprint density at radius 1 is 1.02 bits per heavy atom. The molecule has 0 unspecified atom stereocenters. The molecule has 0 fully saturated rings.